The van der Waals surface area contributed by atoms with E-state index in [0.717, 1.165) is 11.3 Å². The minimum Gasteiger partial charge on any atom is -0.468 e. The van der Waals surface area contributed by atoms with E-state index in [1.165, 1.54) is 14.2 Å². The number of esters is 2. The van der Waals surface area contributed by atoms with E-state index in [2.05, 4.69) is 10.1 Å². The highest BCUT2D eigenvalue weighted by molar-refractivity contribution is 6.05. The lowest BCUT2D eigenvalue weighted by Crippen LogP contribution is -2.34. The van der Waals surface area contributed by atoms with Gasteiger partial charge in [0.05, 0.1) is 25.5 Å². The van der Waals surface area contributed by atoms with Gasteiger partial charge >= 0.3 is 11.9 Å². The number of hydrogen-bond acceptors (Lipinski definition) is 6. The first-order valence-electron chi connectivity index (χ1n) is 8.80. The number of ether oxygens (including phenoxy) is 2. The van der Waals surface area contributed by atoms with E-state index in [4.69, 9.17) is 9.47 Å². The maximum atomic E-state index is 12.7. The zero-order valence-corrected chi connectivity index (χ0v) is 16.1. The predicted molar refractivity (Wildman–Crippen MR) is 100 cm³/mol. The molecule has 7 heteroatoms. The highest BCUT2D eigenvalue weighted by Gasteiger charge is 2.42. The van der Waals surface area contributed by atoms with Crippen LogP contribution in [0.15, 0.2) is 29.3 Å². The van der Waals surface area contributed by atoms with Crippen molar-refractivity contribution >= 4 is 23.5 Å². The van der Waals surface area contributed by atoms with Crippen LogP contribution in [0.25, 0.3) is 0 Å². The summed E-state index contributed by atoms with van der Waals surface area (Å²) in [6.07, 6.45) is 0.683. The Morgan fingerprint density at radius 2 is 1.89 bits per heavy atom. The van der Waals surface area contributed by atoms with E-state index < -0.39 is 23.8 Å². The zero-order chi connectivity index (χ0) is 19.7. The molecule has 0 amide bonds. The Hall–Kier alpha value is -2.96. The number of benzene rings is 1. The maximum absolute atomic E-state index is 12.7. The monoisotopic (exact) mass is 369 g/mol. The summed E-state index contributed by atoms with van der Waals surface area (Å²) in [7, 11) is 4.53. The van der Waals surface area contributed by atoms with E-state index in [9.17, 15) is 9.59 Å². The molecule has 2 heterocycles. The van der Waals surface area contributed by atoms with Crippen LogP contribution in [0.5, 0.6) is 0 Å². The van der Waals surface area contributed by atoms with E-state index in [1.807, 2.05) is 26.1 Å². The number of fused-ring (bicyclic) bond motifs is 1. The summed E-state index contributed by atoms with van der Waals surface area (Å²) in [6, 6.07) is 7.18. The largest absolute Gasteiger partial charge is 0.468 e. The molecular formula is C20H23N3O4. The summed E-state index contributed by atoms with van der Waals surface area (Å²) in [4.78, 5) is 29.7. The minimum absolute atomic E-state index is 0.391. The Labute approximate surface area is 158 Å². The number of methoxy groups -OCH3 is 2. The first-order chi connectivity index (χ1) is 12.9. The average molecular weight is 369 g/mol. The Morgan fingerprint density at radius 3 is 2.52 bits per heavy atom. The number of hydrogen-bond donors (Lipinski definition) is 0. The predicted octanol–water partition coefficient (Wildman–Crippen LogP) is 2.80. The van der Waals surface area contributed by atoms with Crippen molar-refractivity contribution in [3.8, 4) is 0 Å². The third kappa shape index (κ3) is 3.03. The molecule has 0 saturated carbocycles. The van der Waals surface area contributed by atoms with Crippen LogP contribution in [-0.2, 0) is 27.7 Å². The van der Waals surface area contributed by atoms with Crippen LogP contribution in [0, 0.1) is 5.92 Å². The number of aromatic nitrogens is 2. The fraction of sp³-hybridized carbons (Fsp3) is 0.400. The van der Waals surface area contributed by atoms with Gasteiger partial charge in [0.1, 0.15) is 5.92 Å². The summed E-state index contributed by atoms with van der Waals surface area (Å²) >= 11 is 0. The molecule has 3 rings (SSSR count). The molecule has 2 unspecified atom stereocenters. The summed E-state index contributed by atoms with van der Waals surface area (Å²) in [5.74, 6) is -1.20. The van der Waals surface area contributed by atoms with Crippen LogP contribution in [0.4, 0.5) is 5.82 Å². The van der Waals surface area contributed by atoms with Gasteiger partial charge in [0.25, 0.3) is 0 Å². The lowest BCUT2D eigenvalue weighted by atomic mass is 9.75. The van der Waals surface area contributed by atoms with Gasteiger partial charge in [0.2, 0.25) is 0 Å². The van der Waals surface area contributed by atoms with Gasteiger partial charge in [0, 0.05) is 24.2 Å². The summed E-state index contributed by atoms with van der Waals surface area (Å²) < 4.78 is 11.8. The fourth-order valence-corrected chi connectivity index (χ4v) is 3.78. The van der Waals surface area contributed by atoms with Crippen molar-refractivity contribution in [2.45, 2.75) is 26.2 Å². The highest BCUT2D eigenvalue weighted by atomic mass is 16.5. The number of aliphatic imine (C=N–C) groups is 1. The molecule has 7 nitrogen and oxygen atoms in total. The number of carbonyl (C=O) groups is 2. The lowest BCUT2D eigenvalue weighted by molar-refractivity contribution is -0.143. The van der Waals surface area contributed by atoms with Gasteiger partial charge < -0.3 is 9.47 Å². The fourth-order valence-electron chi connectivity index (χ4n) is 3.78. The van der Waals surface area contributed by atoms with Crippen molar-refractivity contribution in [3.63, 3.8) is 0 Å². The molecular weight excluding hydrogens is 346 g/mol. The van der Waals surface area contributed by atoms with Crippen molar-refractivity contribution in [2.24, 2.45) is 18.0 Å². The van der Waals surface area contributed by atoms with Gasteiger partial charge in [-0.1, -0.05) is 25.1 Å². The highest BCUT2D eigenvalue weighted by Crippen LogP contribution is 2.45. The third-order valence-electron chi connectivity index (χ3n) is 5.00. The van der Waals surface area contributed by atoms with Crippen LogP contribution < -0.4 is 0 Å². The zero-order valence-electron chi connectivity index (χ0n) is 16.1. The van der Waals surface area contributed by atoms with Crippen molar-refractivity contribution in [1.29, 1.82) is 0 Å². The molecule has 0 spiro atoms. The van der Waals surface area contributed by atoms with E-state index in [-0.39, 0.29) is 0 Å². The van der Waals surface area contributed by atoms with E-state index in [0.29, 0.717) is 29.1 Å². The first kappa shape index (κ1) is 18.8. The van der Waals surface area contributed by atoms with Crippen molar-refractivity contribution < 1.29 is 19.1 Å². The minimum atomic E-state index is -0.636. The number of rotatable bonds is 4. The Morgan fingerprint density at radius 1 is 1.19 bits per heavy atom. The second-order valence-electron chi connectivity index (χ2n) is 6.47. The molecule has 2 atom stereocenters. The van der Waals surface area contributed by atoms with Gasteiger partial charge in [0.15, 0.2) is 5.82 Å². The normalized spacial score (nSPS) is 18.5. The Bertz CT molecular complexity index is 929. The molecule has 0 saturated heterocycles. The second-order valence-corrected chi connectivity index (χ2v) is 6.47. The molecule has 1 aliphatic heterocycles. The maximum Gasteiger partial charge on any atom is 0.338 e. The molecule has 27 heavy (non-hydrogen) atoms. The van der Waals surface area contributed by atoms with E-state index >= 15 is 0 Å². The molecule has 2 aromatic rings. The number of nitrogens with zero attached hydrogens (tertiary/aromatic N) is 3. The quantitative estimate of drug-likeness (QED) is 0.774. The number of aryl methyl sites for hydroxylation is 2. The van der Waals surface area contributed by atoms with Crippen molar-refractivity contribution in [3.05, 3.63) is 46.6 Å². The van der Waals surface area contributed by atoms with Gasteiger partial charge in [-0.05, 0) is 25.0 Å². The van der Waals surface area contributed by atoms with E-state index in [1.54, 1.807) is 23.7 Å². The Kier molecular flexibility index (Phi) is 5.12. The molecule has 1 aliphatic rings. The molecule has 0 N–H and O–H groups in total. The molecule has 0 fully saturated rings. The van der Waals surface area contributed by atoms with Crippen molar-refractivity contribution in [2.75, 3.05) is 14.2 Å². The van der Waals surface area contributed by atoms with Crippen LogP contribution in [0.3, 0.4) is 0 Å². The second kappa shape index (κ2) is 7.34. The SMILES string of the molecule is CCc1nn(C)c2c1C(c1ccccc1C(=O)OC)C(C(=O)OC)C(C)=N2. The van der Waals surface area contributed by atoms with Gasteiger partial charge in [-0.15, -0.1) is 0 Å². The van der Waals surface area contributed by atoms with Gasteiger partial charge in [-0.2, -0.15) is 5.10 Å². The summed E-state index contributed by atoms with van der Waals surface area (Å²) in [5.41, 5.74) is 3.47. The Balaban J connectivity index is 2.33. The molecule has 142 valence electrons. The summed E-state index contributed by atoms with van der Waals surface area (Å²) in [6.45, 7) is 3.81. The first-order valence-corrected chi connectivity index (χ1v) is 8.80. The molecule has 0 aliphatic carbocycles. The smallest absolute Gasteiger partial charge is 0.338 e. The average Bonchev–Trinajstić information content (AvgIpc) is 3.01. The van der Waals surface area contributed by atoms with Crippen LogP contribution in [0.1, 0.15) is 46.9 Å². The standard InChI is InChI=1S/C20H23N3O4/c1-6-14-17-16(12-9-7-8-10-13(12)19(24)26-4)15(20(25)27-5)11(2)21-18(17)23(3)22-14/h7-10,15-16H,6H2,1-5H3. The van der Waals surface area contributed by atoms with Gasteiger partial charge in [-0.25, -0.2) is 9.79 Å². The van der Waals surface area contributed by atoms with Crippen molar-refractivity contribution in [1.82, 2.24) is 9.78 Å². The van der Waals surface area contributed by atoms with Crippen LogP contribution in [0.2, 0.25) is 0 Å². The molecule has 0 radical (unpaired) electrons. The number of carbonyl (C=O) groups excluding carboxylic acids is 2. The lowest BCUT2D eigenvalue weighted by Gasteiger charge is -2.30. The topological polar surface area (TPSA) is 82.8 Å². The third-order valence-corrected chi connectivity index (χ3v) is 5.00. The molecule has 1 aromatic heterocycles. The molecule has 0 bridgehead atoms. The summed E-state index contributed by atoms with van der Waals surface area (Å²) in [5, 5.41) is 4.58. The van der Waals surface area contributed by atoms with Crippen LogP contribution in [-0.4, -0.2) is 41.7 Å². The molecule has 1 aromatic carbocycles. The van der Waals surface area contributed by atoms with Crippen LogP contribution >= 0.6 is 0 Å². The van der Waals surface area contributed by atoms with Gasteiger partial charge in [-0.3, -0.25) is 9.48 Å².